The van der Waals surface area contributed by atoms with Crippen LogP contribution in [-0.2, 0) is 6.54 Å². The molecule has 1 saturated carbocycles. The van der Waals surface area contributed by atoms with Gasteiger partial charge in [-0.15, -0.1) is 0 Å². The molecule has 3 nitrogen and oxygen atoms in total. The van der Waals surface area contributed by atoms with Crippen molar-refractivity contribution in [3.63, 3.8) is 0 Å². The number of rotatable bonds is 6. The highest BCUT2D eigenvalue weighted by molar-refractivity contribution is 6.30. The Morgan fingerprint density at radius 1 is 1.13 bits per heavy atom. The van der Waals surface area contributed by atoms with E-state index in [9.17, 15) is 5.11 Å². The van der Waals surface area contributed by atoms with E-state index in [1.54, 1.807) is 0 Å². The van der Waals surface area contributed by atoms with E-state index in [4.69, 9.17) is 11.6 Å². The van der Waals surface area contributed by atoms with Crippen LogP contribution in [0.3, 0.4) is 0 Å². The van der Waals surface area contributed by atoms with Gasteiger partial charge in [0.2, 0.25) is 0 Å². The van der Waals surface area contributed by atoms with E-state index in [0.29, 0.717) is 6.54 Å². The summed E-state index contributed by atoms with van der Waals surface area (Å²) in [5.74, 6) is 1.84. The van der Waals surface area contributed by atoms with Crippen molar-refractivity contribution in [1.82, 2.24) is 10.2 Å². The van der Waals surface area contributed by atoms with Crippen LogP contribution in [0.4, 0.5) is 0 Å². The first-order chi connectivity index (χ1) is 11.2. The number of hydrogen-bond donors (Lipinski definition) is 2. The number of β-amino-alcohol motifs (C(OH)–C–C–N with tert-alkyl or cyclic N) is 1. The van der Waals surface area contributed by atoms with Crippen LogP contribution in [0.1, 0.15) is 37.7 Å². The van der Waals surface area contributed by atoms with Crippen LogP contribution in [0, 0.1) is 11.8 Å². The maximum Gasteiger partial charge on any atom is 0.0791 e. The quantitative estimate of drug-likeness (QED) is 0.836. The third-order valence-electron chi connectivity index (χ3n) is 5.47. The minimum Gasteiger partial charge on any atom is -0.390 e. The third-order valence-corrected chi connectivity index (χ3v) is 5.72. The summed E-state index contributed by atoms with van der Waals surface area (Å²) in [4.78, 5) is 2.47. The summed E-state index contributed by atoms with van der Waals surface area (Å²) < 4.78 is 0. The minimum absolute atomic E-state index is 0.289. The van der Waals surface area contributed by atoms with Crippen molar-refractivity contribution in [2.75, 3.05) is 26.2 Å². The van der Waals surface area contributed by atoms with Crippen LogP contribution in [-0.4, -0.2) is 42.3 Å². The molecule has 0 spiro atoms. The van der Waals surface area contributed by atoms with E-state index < -0.39 is 0 Å². The Balaban J connectivity index is 1.36. The Morgan fingerprint density at radius 3 is 2.65 bits per heavy atom. The maximum absolute atomic E-state index is 10.3. The Bertz CT molecular complexity index is 479. The van der Waals surface area contributed by atoms with Crippen LogP contribution in [0.15, 0.2) is 24.3 Å². The molecule has 1 aromatic rings. The van der Waals surface area contributed by atoms with Crippen LogP contribution < -0.4 is 5.32 Å². The molecule has 0 bridgehead atoms. The second kappa shape index (κ2) is 8.48. The fraction of sp³-hybridized carbons (Fsp3) is 0.684. The Hall–Kier alpha value is -0.610. The number of benzene rings is 1. The predicted octanol–water partition coefficient (Wildman–Crippen LogP) is 3.30. The number of aliphatic hydroxyl groups excluding tert-OH is 1. The lowest BCUT2D eigenvalue weighted by Gasteiger charge is -2.41. The van der Waals surface area contributed by atoms with Gasteiger partial charge in [0.1, 0.15) is 0 Å². The fourth-order valence-corrected chi connectivity index (χ4v) is 4.32. The van der Waals surface area contributed by atoms with Gasteiger partial charge in [-0.05, 0) is 48.9 Å². The second-order valence-corrected chi connectivity index (χ2v) is 7.70. The van der Waals surface area contributed by atoms with Gasteiger partial charge < -0.3 is 15.3 Å². The van der Waals surface area contributed by atoms with Crippen molar-refractivity contribution >= 4 is 11.6 Å². The number of halogens is 1. The highest BCUT2D eigenvalue weighted by atomic mass is 35.5. The van der Waals surface area contributed by atoms with Crippen LogP contribution in [0.25, 0.3) is 0 Å². The largest absolute Gasteiger partial charge is 0.390 e. The normalized spacial score (nSPS) is 26.7. The van der Waals surface area contributed by atoms with Crippen molar-refractivity contribution < 1.29 is 5.11 Å². The summed E-state index contributed by atoms with van der Waals surface area (Å²) in [7, 11) is 0. The molecule has 0 aromatic heterocycles. The van der Waals surface area contributed by atoms with Crippen molar-refractivity contribution in [3.8, 4) is 0 Å². The molecule has 3 atom stereocenters. The van der Waals surface area contributed by atoms with Gasteiger partial charge in [0.25, 0.3) is 0 Å². The summed E-state index contributed by atoms with van der Waals surface area (Å²) in [5.41, 5.74) is 1.20. The molecule has 1 saturated heterocycles. The summed E-state index contributed by atoms with van der Waals surface area (Å²) in [6.45, 7) is 4.58. The lowest BCUT2D eigenvalue weighted by atomic mass is 9.75. The predicted molar refractivity (Wildman–Crippen MR) is 95.7 cm³/mol. The number of nitrogens with one attached hydrogen (secondary N) is 1. The third kappa shape index (κ3) is 5.18. The lowest BCUT2D eigenvalue weighted by molar-refractivity contribution is 0.0463. The van der Waals surface area contributed by atoms with E-state index in [1.165, 1.54) is 44.2 Å². The Morgan fingerprint density at radius 2 is 1.87 bits per heavy atom. The lowest BCUT2D eigenvalue weighted by Crippen LogP contribution is -2.46. The number of piperidine rings is 1. The van der Waals surface area contributed by atoms with E-state index in [1.807, 2.05) is 24.3 Å². The van der Waals surface area contributed by atoms with Gasteiger partial charge in [-0.3, -0.25) is 0 Å². The molecule has 23 heavy (non-hydrogen) atoms. The average Bonchev–Trinajstić information content (AvgIpc) is 2.56. The molecule has 0 unspecified atom stereocenters. The van der Waals surface area contributed by atoms with Crippen molar-refractivity contribution in [3.05, 3.63) is 34.9 Å². The highest BCUT2D eigenvalue weighted by Crippen LogP contribution is 2.35. The van der Waals surface area contributed by atoms with Crippen molar-refractivity contribution in [2.24, 2.45) is 11.8 Å². The van der Waals surface area contributed by atoms with Gasteiger partial charge in [-0.2, -0.15) is 0 Å². The van der Waals surface area contributed by atoms with Gasteiger partial charge >= 0.3 is 0 Å². The van der Waals surface area contributed by atoms with Gasteiger partial charge in [0, 0.05) is 31.2 Å². The first kappa shape index (κ1) is 17.2. The van der Waals surface area contributed by atoms with E-state index in [0.717, 1.165) is 36.5 Å². The fourth-order valence-electron chi connectivity index (χ4n) is 4.19. The molecule has 2 fully saturated rings. The molecule has 2 N–H and O–H groups in total. The molecule has 0 amide bonds. The topological polar surface area (TPSA) is 35.5 Å². The van der Waals surface area contributed by atoms with E-state index in [-0.39, 0.29) is 6.10 Å². The first-order valence-electron chi connectivity index (χ1n) is 9.06. The van der Waals surface area contributed by atoms with Gasteiger partial charge in [0.05, 0.1) is 6.10 Å². The molecular formula is C19H29ClN2O. The molecule has 1 aliphatic carbocycles. The second-order valence-electron chi connectivity index (χ2n) is 7.26. The van der Waals surface area contributed by atoms with Crippen LogP contribution >= 0.6 is 11.6 Å². The standard InChI is InChI=1S/C19H29ClN2O/c20-18-7-5-15(6-8-18)11-21-12-19(23)14-22-10-9-16-3-1-2-4-17(16)13-22/h5-8,16-17,19,21,23H,1-4,9-14H2/t16-,17+,19+/m0/s1. The summed E-state index contributed by atoms with van der Waals surface area (Å²) in [6.07, 6.45) is 6.70. The minimum atomic E-state index is -0.289. The summed E-state index contributed by atoms with van der Waals surface area (Å²) in [5, 5.41) is 14.4. The van der Waals surface area contributed by atoms with Gasteiger partial charge in [0.15, 0.2) is 0 Å². The molecule has 1 aromatic carbocycles. The van der Waals surface area contributed by atoms with Gasteiger partial charge in [-0.1, -0.05) is 43.0 Å². The smallest absolute Gasteiger partial charge is 0.0791 e. The van der Waals surface area contributed by atoms with Gasteiger partial charge in [-0.25, -0.2) is 0 Å². The summed E-state index contributed by atoms with van der Waals surface area (Å²) in [6, 6.07) is 7.86. The molecule has 128 valence electrons. The molecule has 2 aliphatic rings. The Labute approximate surface area is 145 Å². The zero-order valence-electron chi connectivity index (χ0n) is 13.9. The monoisotopic (exact) mass is 336 g/mol. The van der Waals surface area contributed by atoms with E-state index in [2.05, 4.69) is 10.2 Å². The number of nitrogens with zero attached hydrogens (tertiary/aromatic N) is 1. The molecule has 3 rings (SSSR count). The SMILES string of the molecule is O[C@H](CNCc1ccc(Cl)cc1)CN1CC[C@@H]2CCCC[C@@H]2C1. The van der Waals surface area contributed by atoms with Crippen LogP contribution in [0.2, 0.25) is 5.02 Å². The van der Waals surface area contributed by atoms with Crippen molar-refractivity contribution in [2.45, 2.75) is 44.8 Å². The number of aliphatic hydroxyl groups is 1. The number of likely N-dealkylation sites (tertiary alicyclic amines) is 1. The molecule has 1 aliphatic heterocycles. The van der Waals surface area contributed by atoms with Crippen LogP contribution in [0.5, 0.6) is 0 Å². The maximum atomic E-state index is 10.3. The number of hydrogen-bond acceptors (Lipinski definition) is 3. The summed E-state index contributed by atoms with van der Waals surface area (Å²) >= 11 is 5.89. The van der Waals surface area contributed by atoms with Crippen molar-refractivity contribution in [1.29, 1.82) is 0 Å². The molecule has 1 heterocycles. The molecule has 0 radical (unpaired) electrons. The molecular weight excluding hydrogens is 308 g/mol. The molecule has 4 heteroatoms. The Kier molecular flexibility index (Phi) is 6.35. The zero-order chi connectivity index (χ0) is 16.1. The first-order valence-corrected chi connectivity index (χ1v) is 9.44. The average molecular weight is 337 g/mol. The zero-order valence-corrected chi connectivity index (χ0v) is 14.6. The number of fused-ring (bicyclic) bond motifs is 1. The van der Waals surface area contributed by atoms with E-state index >= 15 is 0 Å². The highest BCUT2D eigenvalue weighted by Gasteiger charge is 2.31.